The third kappa shape index (κ3) is 3.38. The Morgan fingerprint density at radius 3 is 2.62 bits per heavy atom. The normalized spacial score (nSPS) is 17.9. The van der Waals surface area contributed by atoms with Gasteiger partial charge in [-0.1, -0.05) is 19.9 Å². The highest BCUT2D eigenvalue weighted by atomic mass is 16.5. The first kappa shape index (κ1) is 15.8. The second-order valence-corrected chi connectivity index (χ2v) is 6.01. The summed E-state index contributed by atoms with van der Waals surface area (Å²) in [5.74, 6) is -0.507. The minimum absolute atomic E-state index is 0.221. The third-order valence-corrected chi connectivity index (χ3v) is 4.92. The molecule has 21 heavy (non-hydrogen) atoms. The molecule has 4 nitrogen and oxygen atoms in total. The minimum Gasteiger partial charge on any atom is -0.496 e. The van der Waals surface area contributed by atoms with Crippen molar-refractivity contribution < 1.29 is 14.6 Å². The molecule has 0 radical (unpaired) electrons. The summed E-state index contributed by atoms with van der Waals surface area (Å²) in [6.45, 7) is 7.65. The molecule has 0 atom stereocenters. The molecule has 1 aromatic carbocycles. The Balaban J connectivity index is 2.09. The molecule has 0 spiro atoms. The van der Waals surface area contributed by atoms with Crippen LogP contribution in [0.5, 0.6) is 5.75 Å². The number of nitrogens with zero attached hydrogens (tertiary/aromatic N) is 1. The average molecular weight is 291 g/mol. The van der Waals surface area contributed by atoms with E-state index in [9.17, 15) is 4.79 Å². The maximum absolute atomic E-state index is 11.1. The molecule has 1 saturated heterocycles. The van der Waals surface area contributed by atoms with Crippen LogP contribution in [0.1, 0.15) is 49.0 Å². The first-order chi connectivity index (χ1) is 10.0. The molecule has 1 heterocycles. The summed E-state index contributed by atoms with van der Waals surface area (Å²) in [7, 11) is 1.51. The number of carbonyl (C=O) groups is 1. The highest BCUT2D eigenvalue weighted by molar-refractivity contribution is 5.90. The number of ether oxygens (including phenoxy) is 1. The Kier molecular flexibility index (Phi) is 4.88. The van der Waals surface area contributed by atoms with E-state index >= 15 is 0 Å². The first-order valence-electron chi connectivity index (χ1n) is 7.66. The van der Waals surface area contributed by atoms with Crippen molar-refractivity contribution in [1.82, 2.24) is 4.90 Å². The van der Waals surface area contributed by atoms with Crippen molar-refractivity contribution in [1.29, 1.82) is 0 Å². The van der Waals surface area contributed by atoms with Gasteiger partial charge < -0.3 is 9.84 Å². The molecule has 0 aromatic heterocycles. The number of benzene rings is 1. The van der Waals surface area contributed by atoms with Crippen molar-refractivity contribution in [2.45, 2.75) is 39.7 Å². The summed E-state index contributed by atoms with van der Waals surface area (Å²) >= 11 is 0. The van der Waals surface area contributed by atoms with Gasteiger partial charge in [0.15, 0.2) is 0 Å². The fraction of sp³-hybridized carbons (Fsp3) is 0.588. The summed E-state index contributed by atoms with van der Waals surface area (Å²) in [5, 5.41) is 9.11. The minimum atomic E-state index is -0.949. The van der Waals surface area contributed by atoms with E-state index in [4.69, 9.17) is 9.84 Å². The smallest absolute Gasteiger partial charge is 0.339 e. The molecule has 1 N–H and O–H groups in total. The van der Waals surface area contributed by atoms with Crippen LogP contribution in [-0.4, -0.2) is 36.2 Å². The van der Waals surface area contributed by atoms with Crippen molar-refractivity contribution in [3.63, 3.8) is 0 Å². The molecule has 0 saturated carbocycles. The SMILES string of the molecule is CCC1(CC)CCN(Cc2ccc(C(=O)O)c(OC)c2)C1. The second-order valence-electron chi connectivity index (χ2n) is 6.01. The average Bonchev–Trinajstić information content (AvgIpc) is 2.90. The van der Waals surface area contributed by atoms with Crippen LogP contribution < -0.4 is 4.74 Å². The van der Waals surface area contributed by atoms with Crippen LogP contribution in [0.25, 0.3) is 0 Å². The van der Waals surface area contributed by atoms with Gasteiger partial charge in [0.1, 0.15) is 11.3 Å². The lowest BCUT2D eigenvalue weighted by atomic mass is 9.82. The fourth-order valence-corrected chi connectivity index (χ4v) is 3.26. The molecule has 116 valence electrons. The van der Waals surface area contributed by atoms with Crippen molar-refractivity contribution in [2.24, 2.45) is 5.41 Å². The molecular formula is C17H25NO3. The zero-order chi connectivity index (χ0) is 15.5. The predicted octanol–water partition coefficient (Wildman–Crippen LogP) is 3.41. The molecule has 1 aromatic rings. The van der Waals surface area contributed by atoms with Crippen LogP contribution in [0.4, 0.5) is 0 Å². The molecule has 1 aliphatic heterocycles. The van der Waals surface area contributed by atoms with Gasteiger partial charge in [0.2, 0.25) is 0 Å². The highest BCUT2D eigenvalue weighted by Crippen LogP contribution is 2.37. The topological polar surface area (TPSA) is 49.8 Å². The molecule has 0 unspecified atom stereocenters. The van der Waals surface area contributed by atoms with E-state index < -0.39 is 5.97 Å². The van der Waals surface area contributed by atoms with E-state index in [-0.39, 0.29) is 5.56 Å². The first-order valence-corrected chi connectivity index (χ1v) is 7.66. The van der Waals surface area contributed by atoms with E-state index in [0.717, 1.165) is 25.2 Å². The van der Waals surface area contributed by atoms with E-state index in [1.807, 2.05) is 12.1 Å². The van der Waals surface area contributed by atoms with E-state index in [2.05, 4.69) is 18.7 Å². The number of hydrogen-bond donors (Lipinski definition) is 1. The van der Waals surface area contributed by atoms with Crippen molar-refractivity contribution in [2.75, 3.05) is 20.2 Å². The molecule has 4 heteroatoms. The predicted molar refractivity (Wildman–Crippen MR) is 82.9 cm³/mol. The standard InChI is InChI=1S/C17H25NO3/c1-4-17(5-2)8-9-18(12-17)11-13-6-7-14(16(19)20)15(10-13)21-3/h6-7,10H,4-5,8-9,11-12H2,1-3H3,(H,19,20). The Morgan fingerprint density at radius 1 is 1.38 bits per heavy atom. The number of aromatic carboxylic acids is 1. The number of carboxylic acid groups (broad SMARTS) is 1. The number of methoxy groups -OCH3 is 1. The van der Waals surface area contributed by atoms with Gasteiger partial charge in [-0.2, -0.15) is 0 Å². The number of hydrogen-bond acceptors (Lipinski definition) is 3. The number of rotatable bonds is 6. The molecule has 0 bridgehead atoms. The van der Waals surface area contributed by atoms with Crippen LogP contribution in [0, 0.1) is 5.41 Å². The van der Waals surface area contributed by atoms with Crippen LogP contribution in [-0.2, 0) is 6.54 Å². The molecular weight excluding hydrogens is 266 g/mol. The Labute approximate surface area is 126 Å². The summed E-state index contributed by atoms with van der Waals surface area (Å²) in [6.07, 6.45) is 3.70. The van der Waals surface area contributed by atoms with Crippen LogP contribution in [0.3, 0.4) is 0 Å². The van der Waals surface area contributed by atoms with Gasteiger partial charge in [0.05, 0.1) is 7.11 Å². The maximum atomic E-state index is 11.1. The maximum Gasteiger partial charge on any atom is 0.339 e. The third-order valence-electron chi connectivity index (χ3n) is 4.92. The highest BCUT2D eigenvalue weighted by Gasteiger charge is 2.34. The van der Waals surface area contributed by atoms with Gasteiger partial charge in [-0.3, -0.25) is 4.90 Å². The lowest BCUT2D eigenvalue weighted by Gasteiger charge is -2.26. The molecule has 0 aliphatic carbocycles. The summed E-state index contributed by atoms with van der Waals surface area (Å²) in [5.41, 5.74) is 1.80. The lowest BCUT2D eigenvalue weighted by Crippen LogP contribution is -2.26. The summed E-state index contributed by atoms with van der Waals surface area (Å²) in [6, 6.07) is 5.38. The van der Waals surface area contributed by atoms with Gasteiger partial charge in [0, 0.05) is 13.1 Å². The molecule has 1 fully saturated rings. The second kappa shape index (κ2) is 6.48. The Bertz CT molecular complexity index is 509. The Morgan fingerprint density at radius 2 is 2.10 bits per heavy atom. The van der Waals surface area contributed by atoms with Gasteiger partial charge in [-0.25, -0.2) is 4.79 Å². The van der Waals surface area contributed by atoms with Gasteiger partial charge in [0.25, 0.3) is 0 Å². The van der Waals surface area contributed by atoms with Crippen LogP contribution >= 0.6 is 0 Å². The molecule has 2 rings (SSSR count). The van der Waals surface area contributed by atoms with E-state index in [1.165, 1.54) is 26.4 Å². The molecule has 0 amide bonds. The number of carboxylic acids is 1. The van der Waals surface area contributed by atoms with Crippen LogP contribution in [0.2, 0.25) is 0 Å². The summed E-state index contributed by atoms with van der Waals surface area (Å²) < 4.78 is 5.20. The van der Waals surface area contributed by atoms with Crippen LogP contribution in [0.15, 0.2) is 18.2 Å². The largest absolute Gasteiger partial charge is 0.496 e. The zero-order valence-electron chi connectivity index (χ0n) is 13.2. The van der Waals surface area contributed by atoms with Gasteiger partial charge in [-0.05, 0) is 48.9 Å². The number of likely N-dealkylation sites (tertiary alicyclic amines) is 1. The Hall–Kier alpha value is -1.55. The lowest BCUT2D eigenvalue weighted by molar-refractivity contribution is 0.0693. The molecule has 1 aliphatic rings. The van der Waals surface area contributed by atoms with E-state index in [1.54, 1.807) is 6.07 Å². The van der Waals surface area contributed by atoms with Crippen molar-refractivity contribution >= 4 is 5.97 Å². The van der Waals surface area contributed by atoms with Crippen molar-refractivity contribution in [3.05, 3.63) is 29.3 Å². The quantitative estimate of drug-likeness (QED) is 0.872. The van der Waals surface area contributed by atoms with Crippen molar-refractivity contribution in [3.8, 4) is 5.75 Å². The zero-order valence-corrected chi connectivity index (χ0v) is 13.2. The van der Waals surface area contributed by atoms with Gasteiger partial charge >= 0.3 is 5.97 Å². The van der Waals surface area contributed by atoms with E-state index in [0.29, 0.717) is 11.2 Å². The monoisotopic (exact) mass is 291 g/mol. The van der Waals surface area contributed by atoms with Gasteiger partial charge in [-0.15, -0.1) is 0 Å². The fourth-order valence-electron chi connectivity index (χ4n) is 3.26. The summed E-state index contributed by atoms with van der Waals surface area (Å²) in [4.78, 5) is 13.6.